The fourth-order valence-corrected chi connectivity index (χ4v) is 3.09. The number of carboxylic acids is 1. The molecule has 17 heavy (non-hydrogen) atoms. The highest BCUT2D eigenvalue weighted by Gasteiger charge is 2.14. The topological polar surface area (TPSA) is 75.0 Å². The third kappa shape index (κ3) is 1.96. The van der Waals surface area contributed by atoms with E-state index in [0.717, 1.165) is 4.34 Å². The van der Waals surface area contributed by atoms with Gasteiger partial charge in [0.25, 0.3) is 0 Å². The van der Waals surface area contributed by atoms with E-state index in [1.54, 1.807) is 4.57 Å². The van der Waals surface area contributed by atoms with Crippen LogP contribution in [0.4, 0.5) is 0 Å². The van der Waals surface area contributed by atoms with E-state index in [9.17, 15) is 14.7 Å². The highest BCUT2D eigenvalue weighted by molar-refractivity contribution is 8.00. The molecule has 0 atom stereocenters. The molecule has 0 amide bonds. The van der Waals surface area contributed by atoms with E-state index in [0.29, 0.717) is 11.4 Å². The molecule has 0 radical (unpaired) electrons. The van der Waals surface area contributed by atoms with Crippen molar-refractivity contribution in [3.8, 4) is 0 Å². The van der Waals surface area contributed by atoms with Gasteiger partial charge in [0.1, 0.15) is 10.3 Å². The summed E-state index contributed by atoms with van der Waals surface area (Å²) in [6, 6.07) is 0. The zero-order chi connectivity index (χ0) is 12.6. The molecule has 7 heteroatoms. The van der Waals surface area contributed by atoms with E-state index in [-0.39, 0.29) is 11.1 Å². The number of fused-ring (bicyclic) bond motifs is 1. The Bertz CT molecular complexity index is 645. The summed E-state index contributed by atoms with van der Waals surface area (Å²) in [5.41, 5.74) is -0.693. The maximum absolute atomic E-state index is 11.9. The first kappa shape index (κ1) is 12.1. The van der Waals surface area contributed by atoms with Gasteiger partial charge in [0, 0.05) is 12.7 Å². The number of carbonyl (C=O) groups is 1. The summed E-state index contributed by atoms with van der Waals surface area (Å²) in [4.78, 5) is 27.6. The molecule has 0 aliphatic heterocycles. The molecule has 2 rings (SSSR count). The van der Waals surface area contributed by atoms with E-state index >= 15 is 0 Å². The zero-order valence-electron chi connectivity index (χ0n) is 9.22. The van der Waals surface area contributed by atoms with Crippen LogP contribution in [0, 0.1) is 0 Å². The molecule has 0 aromatic carbocycles. The minimum Gasteiger partial charge on any atom is -0.545 e. The van der Waals surface area contributed by atoms with Crippen molar-refractivity contribution in [3.63, 3.8) is 0 Å². The molecule has 2 aromatic heterocycles. The first-order chi connectivity index (χ1) is 8.08. The fourth-order valence-electron chi connectivity index (χ4n) is 1.50. The van der Waals surface area contributed by atoms with E-state index in [2.05, 4.69) is 4.98 Å². The molecule has 0 aliphatic carbocycles. The van der Waals surface area contributed by atoms with Crippen LogP contribution in [0.5, 0.6) is 0 Å². The second kappa shape index (κ2) is 4.50. The Morgan fingerprint density at radius 2 is 2.35 bits per heavy atom. The molecule has 0 aliphatic rings. The van der Waals surface area contributed by atoms with Crippen molar-refractivity contribution in [3.05, 3.63) is 22.0 Å². The number of hydrogen-bond donors (Lipinski definition) is 0. The Hall–Kier alpha value is -1.34. The first-order valence-corrected chi connectivity index (χ1v) is 6.92. The molecule has 2 heterocycles. The van der Waals surface area contributed by atoms with Crippen LogP contribution in [0.25, 0.3) is 10.3 Å². The van der Waals surface area contributed by atoms with Gasteiger partial charge in [-0.05, 0) is 13.2 Å². The third-order valence-corrected chi connectivity index (χ3v) is 4.41. The van der Waals surface area contributed by atoms with Gasteiger partial charge in [-0.3, -0.25) is 4.79 Å². The minimum absolute atomic E-state index is 0.211. The van der Waals surface area contributed by atoms with E-state index in [1.165, 1.54) is 29.3 Å². The quantitative estimate of drug-likeness (QED) is 0.761. The minimum atomic E-state index is -1.46. The maximum atomic E-state index is 11.9. The number of carbonyl (C=O) groups excluding carboxylic acids is 1. The summed E-state index contributed by atoms with van der Waals surface area (Å²) in [7, 11) is 0. The van der Waals surface area contributed by atoms with E-state index < -0.39 is 11.4 Å². The van der Waals surface area contributed by atoms with Gasteiger partial charge in [-0.15, -0.1) is 0 Å². The zero-order valence-corrected chi connectivity index (χ0v) is 10.9. The van der Waals surface area contributed by atoms with Crippen LogP contribution in [-0.4, -0.2) is 21.8 Å². The summed E-state index contributed by atoms with van der Waals surface area (Å²) < 4.78 is 2.45. The summed E-state index contributed by atoms with van der Waals surface area (Å²) in [6.07, 6.45) is 3.18. The normalized spacial score (nSPS) is 10.9. The van der Waals surface area contributed by atoms with Crippen molar-refractivity contribution < 1.29 is 9.90 Å². The van der Waals surface area contributed by atoms with Crippen molar-refractivity contribution in [1.82, 2.24) is 9.55 Å². The molecule has 0 N–H and O–H groups in total. The smallest absolute Gasteiger partial charge is 0.217 e. The number of aromatic carboxylic acids is 1. The van der Waals surface area contributed by atoms with E-state index in [4.69, 9.17) is 0 Å². The predicted molar refractivity (Wildman–Crippen MR) is 65.7 cm³/mol. The van der Waals surface area contributed by atoms with Crippen molar-refractivity contribution in [2.24, 2.45) is 0 Å². The second-order valence-electron chi connectivity index (χ2n) is 3.28. The Kier molecular flexibility index (Phi) is 3.21. The lowest BCUT2D eigenvalue weighted by molar-refractivity contribution is -0.255. The highest BCUT2D eigenvalue weighted by atomic mass is 32.2. The molecule has 2 aromatic rings. The molecule has 0 unspecified atom stereocenters. The third-order valence-electron chi connectivity index (χ3n) is 2.33. The summed E-state index contributed by atoms with van der Waals surface area (Å²) in [6.45, 7) is 2.45. The number of rotatable bonds is 3. The first-order valence-electron chi connectivity index (χ1n) is 4.87. The van der Waals surface area contributed by atoms with Crippen molar-refractivity contribution >= 4 is 39.4 Å². The average molecular weight is 269 g/mol. The molecule has 5 nitrogen and oxygen atoms in total. The van der Waals surface area contributed by atoms with Gasteiger partial charge in [0.05, 0.1) is 11.5 Å². The van der Waals surface area contributed by atoms with Crippen LogP contribution >= 0.6 is 23.1 Å². The molecule has 0 spiro atoms. The molecular formula is C10H9N2O3S2-. The predicted octanol–water partition coefficient (Wildman–Crippen LogP) is 0.563. The average Bonchev–Trinajstić information content (AvgIpc) is 2.74. The fraction of sp³-hybridized carbons (Fsp3) is 0.300. The molecule has 0 saturated carbocycles. The Morgan fingerprint density at radius 3 is 2.88 bits per heavy atom. The lowest BCUT2D eigenvalue weighted by Gasteiger charge is -2.07. The molecule has 0 fully saturated rings. The van der Waals surface area contributed by atoms with Gasteiger partial charge < -0.3 is 14.5 Å². The summed E-state index contributed by atoms with van der Waals surface area (Å²) >= 11 is 2.81. The Balaban J connectivity index is 2.87. The number of aromatic nitrogens is 2. The van der Waals surface area contributed by atoms with Gasteiger partial charge in [0.2, 0.25) is 5.43 Å². The number of pyridine rings is 1. The highest BCUT2D eigenvalue weighted by Crippen LogP contribution is 2.26. The van der Waals surface area contributed by atoms with Gasteiger partial charge in [-0.2, -0.15) is 0 Å². The van der Waals surface area contributed by atoms with Crippen LogP contribution in [0.15, 0.2) is 15.3 Å². The van der Waals surface area contributed by atoms with Crippen LogP contribution in [0.1, 0.15) is 17.3 Å². The van der Waals surface area contributed by atoms with Crippen molar-refractivity contribution in [2.75, 3.05) is 6.26 Å². The standard InChI is InChI=1S/C10H10N2O3S2/c1-3-12-4-5(9(14)15)7(13)6-8(12)17-10(11-6)16-2/h4H,3H2,1-2H3,(H,14,15)/p-1. The largest absolute Gasteiger partial charge is 0.545 e. The lowest BCUT2D eigenvalue weighted by atomic mass is 10.2. The number of hydrogen-bond acceptors (Lipinski definition) is 6. The van der Waals surface area contributed by atoms with Crippen molar-refractivity contribution in [2.45, 2.75) is 17.8 Å². The monoisotopic (exact) mass is 269 g/mol. The van der Waals surface area contributed by atoms with Crippen molar-refractivity contribution in [1.29, 1.82) is 0 Å². The summed E-state index contributed by atoms with van der Waals surface area (Å²) in [5, 5.41) is 10.9. The maximum Gasteiger partial charge on any atom is 0.217 e. The van der Waals surface area contributed by atoms with Gasteiger partial charge in [-0.1, -0.05) is 23.1 Å². The van der Waals surface area contributed by atoms with Gasteiger partial charge in [-0.25, -0.2) is 4.98 Å². The molecule has 0 saturated heterocycles. The molecule has 90 valence electrons. The second-order valence-corrected chi connectivity index (χ2v) is 5.31. The molecule has 0 bridgehead atoms. The Labute approximate surface area is 105 Å². The van der Waals surface area contributed by atoms with Crippen LogP contribution in [0.2, 0.25) is 0 Å². The number of nitrogens with zero attached hydrogens (tertiary/aromatic N) is 2. The Morgan fingerprint density at radius 1 is 1.65 bits per heavy atom. The SMILES string of the molecule is CCn1cc(C(=O)[O-])c(=O)c2nc(SC)sc21. The number of thioether (sulfide) groups is 1. The number of thiazole rings is 1. The van der Waals surface area contributed by atoms with E-state index in [1.807, 2.05) is 13.2 Å². The van der Waals surface area contributed by atoms with Gasteiger partial charge >= 0.3 is 0 Å². The van der Waals surface area contributed by atoms with Gasteiger partial charge in [0.15, 0.2) is 4.34 Å². The lowest BCUT2D eigenvalue weighted by Crippen LogP contribution is -2.30. The number of aryl methyl sites for hydroxylation is 1. The van der Waals surface area contributed by atoms with Crippen LogP contribution < -0.4 is 10.5 Å². The van der Waals surface area contributed by atoms with Crippen LogP contribution in [0.3, 0.4) is 0 Å². The summed E-state index contributed by atoms with van der Waals surface area (Å²) in [5.74, 6) is -1.46. The number of carboxylic acid groups (broad SMARTS) is 1. The van der Waals surface area contributed by atoms with Crippen LogP contribution in [-0.2, 0) is 6.54 Å². The molecular weight excluding hydrogens is 260 g/mol.